The maximum absolute atomic E-state index is 11.9. The van der Waals surface area contributed by atoms with E-state index in [1.807, 2.05) is 6.07 Å². The minimum Gasteiger partial charge on any atom is -0.493 e. The molecule has 0 aromatic heterocycles. The minimum absolute atomic E-state index is 0.292. The summed E-state index contributed by atoms with van der Waals surface area (Å²) in [6.45, 7) is 3.28. The molecule has 1 heterocycles. The minimum atomic E-state index is -0.292. The van der Waals surface area contributed by atoms with Crippen molar-refractivity contribution in [1.82, 2.24) is 4.90 Å². The molecule has 0 atom stereocenters. The molecule has 0 saturated carbocycles. The summed E-state index contributed by atoms with van der Waals surface area (Å²) in [6, 6.07) is 1.90. The summed E-state index contributed by atoms with van der Waals surface area (Å²) < 4.78 is 16.8. The molecule has 6 heteroatoms. The van der Waals surface area contributed by atoms with Gasteiger partial charge >= 0.3 is 6.09 Å². The molecule has 0 unspecified atom stereocenters. The largest absolute Gasteiger partial charge is 0.493 e. The van der Waals surface area contributed by atoms with Crippen molar-refractivity contribution in [2.45, 2.75) is 19.9 Å². The maximum Gasteiger partial charge on any atom is 0.410 e. The number of amides is 1. The number of nitrogens with zero attached hydrogens (tertiary/aromatic N) is 1. The van der Waals surface area contributed by atoms with Gasteiger partial charge in [-0.15, -0.1) is 0 Å². The van der Waals surface area contributed by atoms with Crippen LogP contribution in [0.15, 0.2) is 10.5 Å². The predicted molar refractivity (Wildman–Crippen MR) is 78.4 cm³/mol. The molecule has 1 aromatic carbocycles. The zero-order chi connectivity index (χ0) is 14.7. The van der Waals surface area contributed by atoms with Gasteiger partial charge in [0.15, 0.2) is 11.5 Å². The zero-order valence-corrected chi connectivity index (χ0v) is 13.4. The molecule has 5 nitrogen and oxygen atoms in total. The summed E-state index contributed by atoms with van der Waals surface area (Å²) in [6.07, 6.45) is 0.467. The molecule has 1 amide bonds. The molecular formula is C14H18BrNO4. The molecule has 1 aromatic rings. The van der Waals surface area contributed by atoms with E-state index in [1.54, 1.807) is 26.0 Å². The lowest BCUT2D eigenvalue weighted by atomic mass is 9.98. The van der Waals surface area contributed by atoms with Crippen molar-refractivity contribution in [3.63, 3.8) is 0 Å². The Hall–Kier alpha value is -1.43. The van der Waals surface area contributed by atoms with E-state index >= 15 is 0 Å². The molecule has 0 bridgehead atoms. The molecule has 0 aliphatic carbocycles. The smallest absolute Gasteiger partial charge is 0.410 e. The van der Waals surface area contributed by atoms with Crippen molar-refractivity contribution in [2.75, 3.05) is 27.4 Å². The molecule has 0 spiro atoms. The van der Waals surface area contributed by atoms with E-state index in [4.69, 9.17) is 14.2 Å². The van der Waals surface area contributed by atoms with E-state index in [0.717, 1.165) is 22.0 Å². The van der Waals surface area contributed by atoms with Crippen LogP contribution in [-0.4, -0.2) is 38.4 Å². The highest BCUT2D eigenvalue weighted by atomic mass is 79.9. The van der Waals surface area contributed by atoms with Crippen LogP contribution in [0.5, 0.6) is 11.5 Å². The third kappa shape index (κ3) is 2.70. The fourth-order valence-electron chi connectivity index (χ4n) is 2.40. The monoisotopic (exact) mass is 343 g/mol. The average molecular weight is 344 g/mol. The first kappa shape index (κ1) is 15.0. The van der Waals surface area contributed by atoms with Gasteiger partial charge in [0.2, 0.25) is 0 Å². The Morgan fingerprint density at radius 2 is 2.10 bits per heavy atom. The van der Waals surface area contributed by atoms with Crippen LogP contribution in [0.3, 0.4) is 0 Å². The molecule has 0 radical (unpaired) electrons. The van der Waals surface area contributed by atoms with Gasteiger partial charge in [0, 0.05) is 16.6 Å². The summed E-state index contributed by atoms with van der Waals surface area (Å²) in [4.78, 5) is 13.5. The highest BCUT2D eigenvalue weighted by Crippen LogP contribution is 2.40. The fourth-order valence-corrected chi connectivity index (χ4v) is 3.04. The topological polar surface area (TPSA) is 48.0 Å². The van der Waals surface area contributed by atoms with Crippen LogP contribution in [0.2, 0.25) is 0 Å². The lowest BCUT2D eigenvalue weighted by Gasteiger charge is -2.30. The number of ether oxygens (including phenoxy) is 3. The van der Waals surface area contributed by atoms with Gasteiger partial charge in [-0.1, -0.05) is 15.9 Å². The van der Waals surface area contributed by atoms with Crippen LogP contribution in [0.1, 0.15) is 18.1 Å². The molecule has 1 aliphatic rings. The molecular weight excluding hydrogens is 326 g/mol. The molecule has 0 fully saturated rings. The van der Waals surface area contributed by atoms with Gasteiger partial charge in [-0.2, -0.15) is 0 Å². The number of halogens is 1. The van der Waals surface area contributed by atoms with E-state index in [2.05, 4.69) is 15.9 Å². The maximum atomic E-state index is 11.9. The molecule has 2 rings (SSSR count). The number of hydrogen-bond acceptors (Lipinski definition) is 4. The van der Waals surface area contributed by atoms with E-state index in [0.29, 0.717) is 31.2 Å². The Bertz CT molecular complexity index is 518. The lowest BCUT2D eigenvalue weighted by Crippen LogP contribution is -2.36. The van der Waals surface area contributed by atoms with Crippen molar-refractivity contribution in [1.29, 1.82) is 0 Å². The first-order chi connectivity index (χ1) is 9.62. The van der Waals surface area contributed by atoms with E-state index < -0.39 is 0 Å². The standard InChI is InChI=1S/C14H18BrNO4/c1-4-20-14(17)16-6-5-9-10(8-16)13(19-3)12(18-2)7-11(9)15/h7H,4-6,8H2,1-3H3. The quantitative estimate of drug-likeness (QED) is 0.846. The predicted octanol–water partition coefficient (Wildman–Crippen LogP) is 2.98. The molecule has 0 saturated heterocycles. The lowest BCUT2D eigenvalue weighted by molar-refractivity contribution is 0.102. The van der Waals surface area contributed by atoms with Gasteiger partial charge in [0.25, 0.3) is 0 Å². The first-order valence-electron chi connectivity index (χ1n) is 6.46. The molecule has 0 N–H and O–H groups in total. The normalized spacial score (nSPS) is 13.7. The Morgan fingerprint density at radius 1 is 1.35 bits per heavy atom. The van der Waals surface area contributed by atoms with Gasteiger partial charge in [0.05, 0.1) is 27.4 Å². The summed E-state index contributed by atoms with van der Waals surface area (Å²) in [5, 5.41) is 0. The number of benzene rings is 1. The number of methoxy groups -OCH3 is 2. The van der Waals surface area contributed by atoms with Crippen molar-refractivity contribution >= 4 is 22.0 Å². The summed E-state index contributed by atoms with van der Waals surface area (Å²) in [5.41, 5.74) is 2.13. The van der Waals surface area contributed by atoms with Gasteiger partial charge in [-0.05, 0) is 25.0 Å². The Labute approximate surface area is 126 Å². The number of rotatable bonds is 3. The Balaban J connectivity index is 2.38. The molecule has 20 heavy (non-hydrogen) atoms. The highest BCUT2D eigenvalue weighted by molar-refractivity contribution is 9.10. The number of fused-ring (bicyclic) bond motifs is 1. The second-order valence-electron chi connectivity index (χ2n) is 4.42. The second-order valence-corrected chi connectivity index (χ2v) is 5.28. The van der Waals surface area contributed by atoms with Crippen LogP contribution in [0.25, 0.3) is 0 Å². The van der Waals surface area contributed by atoms with Crippen molar-refractivity contribution in [3.8, 4) is 11.5 Å². The van der Waals surface area contributed by atoms with Crippen molar-refractivity contribution in [2.24, 2.45) is 0 Å². The number of hydrogen-bond donors (Lipinski definition) is 0. The van der Waals surface area contributed by atoms with Gasteiger partial charge in [-0.3, -0.25) is 0 Å². The molecule has 110 valence electrons. The van der Waals surface area contributed by atoms with Crippen LogP contribution in [-0.2, 0) is 17.7 Å². The van der Waals surface area contributed by atoms with Crippen LogP contribution >= 0.6 is 15.9 Å². The Morgan fingerprint density at radius 3 is 2.70 bits per heavy atom. The van der Waals surface area contributed by atoms with Gasteiger partial charge in [0.1, 0.15) is 0 Å². The third-order valence-electron chi connectivity index (χ3n) is 3.34. The van der Waals surface area contributed by atoms with E-state index in [1.165, 1.54) is 0 Å². The number of carbonyl (C=O) groups is 1. The van der Waals surface area contributed by atoms with Crippen LogP contribution in [0.4, 0.5) is 4.79 Å². The zero-order valence-electron chi connectivity index (χ0n) is 11.9. The van der Waals surface area contributed by atoms with Gasteiger partial charge in [-0.25, -0.2) is 4.79 Å². The van der Waals surface area contributed by atoms with Crippen molar-refractivity contribution in [3.05, 3.63) is 21.7 Å². The highest BCUT2D eigenvalue weighted by Gasteiger charge is 2.27. The molecule has 1 aliphatic heterocycles. The number of carbonyl (C=O) groups excluding carboxylic acids is 1. The summed E-state index contributed by atoms with van der Waals surface area (Å²) >= 11 is 3.55. The van der Waals surface area contributed by atoms with E-state index in [9.17, 15) is 4.79 Å². The fraction of sp³-hybridized carbons (Fsp3) is 0.500. The SMILES string of the molecule is CCOC(=O)N1CCc2c(Br)cc(OC)c(OC)c2C1. The summed E-state index contributed by atoms with van der Waals surface area (Å²) in [5.74, 6) is 1.34. The van der Waals surface area contributed by atoms with Gasteiger partial charge < -0.3 is 19.1 Å². The third-order valence-corrected chi connectivity index (χ3v) is 4.05. The Kier molecular flexibility index (Phi) is 4.75. The van der Waals surface area contributed by atoms with Crippen molar-refractivity contribution < 1.29 is 19.0 Å². The van der Waals surface area contributed by atoms with E-state index in [-0.39, 0.29) is 6.09 Å². The van der Waals surface area contributed by atoms with Crippen LogP contribution < -0.4 is 9.47 Å². The first-order valence-corrected chi connectivity index (χ1v) is 7.25. The summed E-state index contributed by atoms with van der Waals surface area (Å²) in [7, 11) is 3.21. The average Bonchev–Trinajstić information content (AvgIpc) is 2.46. The van der Waals surface area contributed by atoms with Crippen LogP contribution in [0, 0.1) is 0 Å². The second kappa shape index (κ2) is 6.35.